The number of aromatic nitrogens is 1. The normalized spacial score (nSPS) is 18.3. The van der Waals surface area contributed by atoms with E-state index in [9.17, 15) is 26.4 Å². The fourth-order valence-corrected chi connectivity index (χ4v) is 10.2. The van der Waals surface area contributed by atoms with Crippen molar-refractivity contribution in [2.24, 2.45) is 7.05 Å². The van der Waals surface area contributed by atoms with E-state index in [1.165, 1.54) is 22.5 Å². The molecule has 0 saturated heterocycles. The molecule has 0 spiro atoms. The number of ketones is 2. The Hall–Kier alpha value is -4.94. The number of hydrogen-bond acceptors (Lipinski definition) is 6. The van der Waals surface area contributed by atoms with Gasteiger partial charge in [0.1, 0.15) is 0 Å². The quantitative estimate of drug-likeness (QED) is 0.160. The second-order valence-electron chi connectivity index (χ2n) is 13.9. The highest BCUT2D eigenvalue weighted by Gasteiger charge is 2.38. The van der Waals surface area contributed by atoms with Crippen LogP contribution in [0, 0.1) is 13.8 Å². The second kappa shape index (κ2) is 15.8. The van der Waals surface area contributed by atoms with Crippen LogP contribution in [0.5, 0.6) is 0 Å². The topological polar surface area (TPSA) is 114 Å². The number of carbonyl (C=O) groups excluding carboxylic acids is 2. The van der Waals surface area contributed by atoms with Crippen LogP contribution in [0.15, 0.2) is 142 Å². The highest BCUT2D eigenvalue weighted by atomic mass is 32.2. The summed E-state index contributed by atoms with van der Waals surface area (Å²) in [5.41, 5.74) is 4.95. The first kappa shape index (κ1) is 38.8. The summed E-state index contributed by atoms with van der Waals surface area (Å²) in [5.74, 6) is -0.181. The number of sulfonamides is 2. The number of aryl methyl sites for hydroxylation is 3. The van der Waals surface area contributed by atoms with E-state index in [0.29, 0.717) is 24.0 Å². The second-order valence-corrected chi connectivity index (χ2v) is 17.7. The van der Waals surface area contributed by atoms with Crippen molar-refractivity contribution in [3.63, 3.8) is 0 Å². The zero-order valence-electron chi connectivity index (χ0n) is 31.1. The summed E-state index contributed by atoms with van der Waals surface area (Å²) in [7, 11) is -5.58. The first-order valence-electron chi connectivity index (χ1n) is 17.8. The Balaban J connectivity index is 0.000000186. The van der Waals surface area contributed by atoms with E-state index in [4.69, 9.17) is 0 Å². The van der Waals surface area contributed by atoms with Crippen LogP contribution in [0.2, 0.25) is 0 Å². The minimum Gasteiger partial charge on any atom is -0.353 e. The third-order valence-corrected chi connectivity index (χ3v) is 13.9. The molecule has 0 amide bonds. The van der Waals surface area contributed by atoms with Gasteiger partial charge in [-0.1, -0.05) is 90.0 Å². The van der Waals surface area contributed by atoms with Crippen molar-refractivity contribution < 1.29 is 26.4 Å². The lowest BCUT2D eigenvalue weighted by Crippen LogP contribution is -2.40. The fraction of sp³-hybridized carbons (Fsp3) is 0.256. The average molecular weight is 764 g/mol. The lowest BCUT2D eigenvalue weighted by Gasteiger charge is -2.35. The molecular weight excluding hydrogens is 719 g/mol. The minimum atomic E-state index is -3.77. The molecule has 11 heteroatoms. The van der Waals surface area contributed by atoms with E-state index in [1.54, 1.807) is 48.5 Å². The highest BCUT2D eigenvalue weighted by molar-refractivity contribution is 7.89. The highest BCUT2D eigenvalue weighted by Crippen LogP contribution is 2.39. The van der Waals surface area contributed by atoms with E-state index in [0.717, 1.165) is 33.2 Å². The Morgan fingerprint density at radius 3 is 1.57 bits per heavy atom. The molecule has 0 N–H and O–H groups in total. The molecule has 5 aromatic rings. The van der Waals surface area contributed by atoms with Crippen LogP contribution in [0.25, 0.3) is 10.8 Å². The van der Waals surface area contributed by atoms with Gasteiger partial charge in [0.25, 0.3) is 0 Å². The zero-order chi connectivity index (χ0) is 38.8. The monoisotopic (exact) mass is 763 g/mol. The van der Waals surface area contributed by atoms with Crippen LogP contribution < -0.4 is 0 Å². The van der Waals surface area contributed by atoms with E-state index in [1.807, 2.05) is 98.4 Å². The largest absolute Gasteiger partial charge is 0.353 e. The minimum absolute atomic E-state index is 0.0828. The number of Topliss-reactive ketones (excluding diaryl/α,β-unsaturated/α-hetero) is 2. The smallest absolute Gasteiger partial charge is 0.243 e. The van der Waals surface area contributed by atoms with Crippen molar-refractivity contribution in [3.05, 3.63) is 155 Å². The third kappa shape index (κ3) is 7.95. The first-order valence-corrected chi connectivity index (χ1v) is 20.7. The molecule has 2 aliphatic rings. The maximum absolute atomic E-state index is 13.6. The van der Waals surface area contributed by atoms with Crippen molar-refractivity contribution in [2.45, 2.75) is 62.4 Å². The van der Waals surface area contributed by atoms with Gasteiger partial charge < -0.3 is 4.57 Å². The van der Waals surface area contributed by atoms with Gasteiger partial charge in [0.05, 0.1) is 21.9 Å². The Labute approximate surface area is 318 Å². The molecular formula is C43H45N3O6S2. The number of rotatable bonds is 8. The van der Waals surface area contributed by atoms with Crippen LogP contribution >= 0.6 is 0 Å². The summed E-state index contributed by atoms with van der Waals surface area (Å²) in [5, 5.41) is 2.10. The van der Waals surface area contributed by atoms with Crippen LogP contribution in [0.4, 0.5) is 0 Å². The summed E-state index contributed by atoms with van der Waals surface area (Å²) >= 11 is 0. The molecule has 4 aromatic carbocycles. The van der Waals surface area contributed by atoms with E-state index in [2.05, 4.69) is 0 Å². The predicted octanol–water partition coefficient (Wildman–Crippen LogP) is 7.78. The molecule has 280 valence electrons. The number of nitrogens with zero attached hydrogens (tertiary/aromatic N) is 3. The van der Waals surface area contributed by atoms with Gasteiger partial charge in [-0.2, -0.15) is 8.61 Å². The maximum Gasteiger partial charge on any atom is 0.243 e. The molecule has 3 heterocycles. The summed E-state index contributed by atoms with van der Waals surface area (Å²) in [6, 6.07) is 30.8. The molecule has 2 unspecified atom stereocenters. The molecule has 1 aromatic heterocycles. The van der Waals surface area contributed by atoms with E-state index < -0.39 is 20.0 Å². The molecule has 54 heavy (non-hydrogen) atoms. The summed E-state index contributed by atoms with van der Waals surface area (Å²) in [4.78, 5) is 24.3. The van der Waals surface area contributed by atoms with Gasteiger partial charge in [-0.05, 0) is 93.3 Å². The van der Waals surface area contributed by atoms with Gasteiger partial charge in [-0.25, -0.2) is 16.8 Å². The van der Waals surface area contributed by atoms with Crippen molar-refractivity contribution >= 4 is 42.4 Å². The van der Waals surface area contributed by atoms with Gasteiger partial charge in [0.2, 0.25) is 20.0 Å². The van der Waals surface area contributed by atoms with Crippen LogP contribution in [-0.2, 0) is 36.7 Å². The fourth-order valence-electron chi connectivity index (χ4n) is 7.05. The van der Waals surface area contributed by atoms with Crippen molar-refractivity contribution in [3.8, 4) is 0 Å². The molecule has 0 saturated carbocycles. The molecule has 0 radical (unpaired) electrons. The standard InChI is InChI=1S/C24H23NO3S.C19H22N2O3S/c1-17-10-13-21(14-11-17)29(27,28)25-16-20(18(2)26)12-15-24(25)23-9-5-7-19-6-3-4-8-22(19)23;1-14-6-9-17(10-7-14)25(23,24)21-13-16(15(2)22)8-11-19(21)18-5-4-12-20(18)3/h3-14,24H,15-16H2,1-2H3;4-10,12,19H,11,13H2,1-3H3. The number of carbonyl (C=O) groups is 2. The molecule has 7 rings (SSSR count). The molecule has 9 nitrogen and oxygen atoms in total. The van der Waals surface area contributed by atoms with Gasteiger partial charge in [-0.3, -0.25) is 9.59 Å². The molecule has 0 aliphatic carbocycles. The summed E-state index contributed by atoms with van der Waals surface area (Å²) < 4.78 is 58.5. The predicted molar refractivity (Wildman–Crippen MR) is 212 cm³/mol. The Morgan fingerprint density at radius 2 is 1.07 bits per heavy atom. The average Bonchev–Trinajstić information content (AvgIpc) is 3.60. The van der Waals surface area contributed by atoms with E-state index >= 15 is 0 Å². The van der Waals surface area contributed by atoms with Crippen LogP contribution in [0.1, 0.15) is 61.2 Å². The first-order chi connectivity index (χ1) is 25.7. The van der Waals surface area contributed by atoms with Crippen molar-refractivity contribution in [2.75, 3.05) is 13.1 Å². The van der Waals surface area contributed by atoms with E-state index in [-0.39, 0.29) is 46.5 Å². The van der Waals surface area contributed by atoms with Gasteiger partial charge in [0.15, 0.2) is 11.6 Å². The van der Waals surface area contributed by atoms with Crippen LogP contribution in [0.3, 0.4) is 0 Å². The van der Waals surface area contributed by atoms with Gasteiger partial charge in [0, 0.05) is 43.2 Å². The molecule has 2 atom stereocenters. The van der Waals surface area contributed by atoms with Gasteiger partial charge in [-0.15, -0.1) is 0 Å². The van der Waals surface area contributed by atoms with Crippen LogP contribution in [-0.4, -0.2) is 54.7 Å². The Kier molecular flexibility index (Phi) is 11.3. The third-order valence-electron chi connectivity index (χ3n) is 10.2. The SMILES string of the molecule is CC(=O)C1=CCC(c2cccc3ccccc23)N(S(=O)(=O)c2ccc(C)cc2)C1.CC(=O)C1=CCC(c2cccn2C)N(S(=O)(=O)c2ccc(C)cc2)C1. The lowest BCUT2D eigenvalue weighted by molar-refractivity contribution is -0.114. The number of hydrogen-bond donors (Lipinski definition) is 0. The molecule has 0 bridgehead atoms. The van der Waals surface area contributed by atoms with Crippen molar-refractivity contribution in [1.82, 2.24) is 13.2 Å². The lowest BCUT2D eigenvalue weighted by atomic mass is 9.93. The summed E-state index contributed by atoms with van der Waals surface area (Å²) in [6.45, 7) is 6.99. The molecule has 0 fully saturated rings. The van der Waals surface area contributed by atoms with Gasteiger partial charge >= 0.3 is 0 Å². The molecule has 2 aliphatic heterocycles. The van der Waals surface area contributed by atoms with Crippen molar-refractivity contribution in [1.29, 1.82) is 0 Å². The summed E-state index contributed by atoms with van der Waals surface area (Å²) in [6.07, 6.45) is 6.60. The maximum atomic E-state index is 13.6. The number of fused-ring (bicyclic) bond motifs is 1. The zero-order valence-corrected chi connectivity index (χ0v) is 32.8. The number of benzene rings is 4. The Morgan fingerprint density at radius 1 is 0.593 bits per heavy atom. The Bertz CT molecular complexity index is 2480.